The van der Waals surface area contributed by atoms with E-state index in [4.69, 9.17) is 9.47 Å². The van der Waals surface area contributed by atoms with Gasteiger partial charge in [0.25, 0.3) is 0 Å². The van der Waals surface area contributed by atoms with Gasteiger partial charge in [0.1, 0.15) is 18.3 Å². The Morgan fingerprint density at radius 1 is 1.08 bits per heavy atom. The molecule has 6 heteroatoms. The minimum absolute atomic E-state index is 0.0363. The van der Waals surface area contributed by atoms with Gasteiger partial charge in [0.15, 0.2) is 0 Å². The van der Waals surface area contributed by atoms with Crippen LogP contribution in [0.15, 0.2) is 30.3 Å². The molecule has 10 atom stereocenters. The summed E-state index contributed by atoms with van der Waals surface area (Å²) < 4.78 is 11.8. The Labute approximate surface area is 148 Å². The third-order valence-electron chi connectivity index (χ3n) is 6.47. The first-order chi connectivity index (χ1) is 11.6. The molecular formula is C18H19BrO5. The zero-order valence-electron chi connectivity index (χ0n) is 12.9. The quantitative estimate of drug-likeness (QED) is 0.584. The molecule has 4 aliphatic rings. The van der Waals surface area contributed by atoms with Crippen LogP contribution in [0.4, 0.5) is 0 Å². The predicted octanol–water partition coefficient (Wildman–Crippen LogP) is 1.36. The highest BCUT2D eigenvalue weighted by molar-refractivity contribution is 9.09. The van der Waals surface area contributed by atoms with Crippen LogP contribution in [0.3, 0.4) is 0 Å². The summed E-state index contributed by atoms with van der Waals surface area (Å²) in [5.41, 5.74) is 0.459. The maximum Gasteiger partial charge on any atom is 0.338 e. The van der Waals surface area contributed by atoms with Crippen molar-refractivity contribution in [2.45, 2.75) is 41.8 Å². The highest BCUT2D eigenvalue weighted by Gasteiger charge is 2.71. The second kappa shape index (κ2) is 5.27. The maximum absolute atomic E-state index is 12.5. The fourth-order valence-electron chi connectivity index (χ4n) is 5.59. The number of aliphatic hydroxyl groups is 2. The molecule has 3 aliphatic carbocycles. The van der Waals surface area contributed by atoms with E-state index in [1.165, 1.54) is 0 Å². The summed E-state index contributed by atoms with van der Waals surface area (Å²) in [6.45, 7) is 0. The monoisotopic (exact) mass is 394 g/mol. The summed E-state index contributed by atoms with van der Waals surface area (Å²) in [5.74, 6) is 0.449. The molecule has 1 aliphatic heterocycles. The summed E-state index contributed by atoms with van der Waals surface area (Å²) in [4.78, 5) is 12.7. The average Bonchev–Trinajstić information content (AvgIpc) is 3.22. The molecule has 1 heterocycles. The Kier molecular flexibility index (Phi) is 3.36. The number of aliphatic hydroxyl groups excluding tert-OH is 2. The van der Waals surface area contributed by atoms with Crippen LogP contribution in [-0.2, 0) is 9.47 Å². The number of carbonyl (C=O) groups is 1. The fraction of sp³-hybridized carbons (Fsp3) is 0.611. The van der Waals surface area contributed by atoms with Crippen LogP contribution in [0.25, 0.3) is 0 Å². The van der Waals surface area contributed by atoms with Gasteiger partial charge in [-0.2, -0.15) is 0 Å². The van der Waals surface area contributed by atoms with Crippen molar-refractivity contribution in [3.05, 3.63) is 35.9 Å². The molecule has 1 saturated heterocycles. The van der Waals surface area contributed by atoms with E-state index in [1.807, 2.05) is 6.07 Å². The molecular weight excluding hydrogens is 376 g/mol. The molecule has 0 amide bonds. The first kappa shape index (κ1) is 15.3. The number of fused-ring (bicyclic) bond motifs is 2. The number of benzene rings is 1. The number of hydrogen-bond donors (Lipinski definition) is 2. The summed E-state index contributed by atoms with van der Waals surface area (Å²) in [6, 6.07) is 8.78. The van der Waals surface area contributed by atoms with Crippen molar-refractivity contribution in [1.29, 1.82) is 0 Å². The summed E-state index contributed by atoms with van der Waals surface area (Å²) >= 11 is 3.73. The largest absolute Gasteiger partial charge is 0.456 e. The van der Waals surface area contributed by atoms with Crippen LogP contribution in [0, 0.1) is 23.7 Å². The Morgan fingerprint density at radius 2 is 1.83 bits per heavy atom. The van der Waals surface area contributed by atoms with Gasteiger partial charge < -0.3 is 19.7 Å². The van der Waals surface area contributed by atoms with Crippen LogP contribution >= 0.6 is 15.9 Å². The first-order valence-corrected chi connectivity index (χ1v) is 9.41. The topological polar surface area (TPSA) is 76.0 Å². The Morgan fingerprint density at radius 3 is 2.58 bits per heavy atom. The van der Waals surface area contributed by atoms with Crippen LogP contribution in [0.5, 0.6) is 0 Å². The molecule has 3 saturated carbocycles. The molecule has 0 spiro atoms. The van der Waals surface area contributed by atoms with Crippen molar-refractivity contribution in [1.82, 2.24) is 0 Å². The lowest BCUT2D eigenvalue weighted by atomic mass is 9.67. The summed E-state index contributed by atoms with van der Waals surface area (Å²) in [6.07, 6.45) is -2.05. The van der Waals surface area contributed by atoms with Crippen molar-refractivity contribution < 1.29 is 24.5 Å². The lowest BCUT2D eigenvalue weighted by Gasteiger charge is -2.45. The van der Waals surface area contributed by atoms with Crippen LogP contribution < -0.4 is 0 Å². The van der Waals surface area contributed by atoms with Crippen molar-refractivity contribution in [2.75, 3.05) is 0 Å². The standard InChI is InChI=1S/C18H19BrO5/c19-12-8-6-9-11-10(8)17(14(21)13(20)16(11)23-15(9)12)24-18(22)7-4-2-1-3-5-7/h1-5,8-17,20-21H,6H2/t8-,9+,10-,11+,12-,13+,14+,15+,16-,17-/m1/s1. The Bertz CT molecular complexity index is 667. The van der Waals surface area contributed by atoms with Crippen molar-refractivity contribution in [3.8, 4) is 0 Å². The van der Waals surface area contributed by atoms with Gasteiger partial charge >= 0.3 is 5.97 Å². The number of hydrogen-bond acceptors (Lipinski definition) is 5. The van der Waals surface area contributed by atoms with Crippen molar-refractivity contribution in [3.63, 3.8) is 0 Å². The molecule has 2 bridgehead atoms. The van der Waals surface area contributed by atoms with Gasteiger partial charge in [0.2, 0.25) is 0 Å². The van der Waals surface area contributed by atoms with Gasteiger partial charge in [-0.25, -0.2) is 4.79 Å². The van der Waals surface area contributed by atoms with Gasteiger partial charge in [-0.3, -0.25) is 0 Å². The van der Waals surface area contributed by atoms with E-state index in [0.717, 1.165) is 6.42 Å². The van der Waals surface area contributed by atoms with Gasteiger partial charge in [-0.1, -0.05) is 34.1 Å². The maximum atomic E-state index is 12.5. The molecule has 2 N–H and O–H groups in total. The molecule has 0 aromatic heterocycles. The molecule has 5 nitrogen and oxygen atoms in total. The SMILES string of the molecule is O=C(O[C@H]1[C@@H](O)[C@H](O)[C@@H]2O[C@@H]3[C@H](Br)[C@@H]4C[C@H]3[C@H]2[C@@H]41)c1ccccc1. The molecule has 5 rings (SSSR count). The molecule has 128 valence electrons. The van der Waals surface area contributed by atoms with E-state index in [0.29, 0.717) is 17.4 Å². The Hall–Kier alpha value is -0.950. The number of alkyl halides is 1. The van der Waals surface area contributed by atoms with E-state index in [1.54, 1.807) is 24.3 Å². The average molecular weight is 395 g/mol. The third-order valence-corrected chi connectivity index (χ3v) is 7.67. The number of esters is 1. The minimum Gasteiger partial charge on any atom is -0.456 e. The summed E-state index contributed by atoms with van der Waals surface area (Å²) in [5, 5.41) is 21.1. The van der Waals surface area contributed by atoms with E-state index in [9.17, 15) is 15.0 Å². The minimum atomic E-state index is -1.11. The van der Waals surface area contributed by atoms with E-state index in [-0.39, 0.29) is 28.9 Å². The fourth-order valence-corrected chi connectivity index (χ4v) is 6.67. The second-order valence-corrected chi connectivity index (χ2v) is 8.50. The Balaban J connectivity index is 1.46. The molecule has 0 radical (unpaired) electrons. The van der Waals surface area contributed by atoms with E-state index >= 15 is 0 Å². The lowest BCUT2D eigenvalue weighted by molar-refractivity contribution is -0.173. The highest BCUT2D eigenvalue weighted by Crippen LogP contribution is 2.65. The zero-order valence-corrected chi connectivity index (χ0v) is 14.5. The number of rotatable bonds is 2. The molecule has 24 heavy (non-hydrogen) atoms. The third kappa shape index (κ3) is 1.88. The van der Waals surface area contributed by atoms with Crippen LogP contribution in [0.2, 0.25) is 0 Å². The molecule has 1 aromatic carbocycles. The lowest BCUT2D eigenvalue weighted by Crippen LogP contribution is -2.59. The highest BCUT2D eigenvalue weighted by atomic mass is 79.9. The second-order valence-electron chi connectivity index (χ2n) is 7.44. The summed E-state index contributed by atoms with van der Waals surface area (Å²) in [7, 11) is 0. The normalized spacial score (nSPS) is 51.0. The first-order valence-electron chi connectivity index (χ1n) is 8.49. The molecule has 4 fully saturated rings. The molecule has 0 unspecified atom stereocenters. The van der Waals surface area contributed by atoms with Crippen LogP contribution in [-0.4, -0.2) is 51.5 Å². The van der Waals surface area contributed by atoms with Crippen molar-refractivity contribution in [2.24, 2.45) is 23.7 Å². The van der Waals surface area contributed by atoms with Gasteiger partial charge in [-0.05, 0) is 36.3 Å². The van der Waals surface area contributed by atoms with Crippen molar-refractivity contribution >= 4 is 21.9 Å². The van der Waals surface area contributed by atoms with Gasteiger partial charge in [-0.15, -0.1) is 0 Å². The predicted molar refractivity (Wildman–Crippen MR) is 87.6 cm³/mol. The van der Waals surface area contributed by atoms with Crippen LogP contribution in [0.1, 0.15) is 16.8 Å². The van der Waals surface area contributed by atoms with E-state index < -0.39 is 24.3 Å². The number of ether oxygens (including phenoxy) is 2. The zero-order chi connectivity index (χ0) is 16.6. The van der Waals surface area contributed by atoms with Gasteiger partial charge in [0.05, 0.1) is 17.8 Å². The van der Waals surface area contributed by atoms with E-state index in [2.05, 4.69) is 15.9 Å². The molecule has 1 aromatic rings. The number of halogens is 1. The smallest absolute Gasteiger partial charge is 0.338 e. The number of carbonyl (C=O) groups excluding carboxylic acids is 1. The van der Waals surface area contributed by atoms with Gasteiger partial charge in [0, 0.05) is 10.7 Å².